The van der Waals surface area contributed by atoms with Gasteiger partial charge >= 0.3 is 0 Å². The average Bonchev–Trinajstić information content (AvgIpc) is 2.56. The lowest BCUT2D eigenvalue weighted by molar-refractivity contribution is -0.685. The third-order valence-corrected chi connectivity index (χ3v) is 5.93. The number of hydrogen-bond acceptors (Lipinski definition) is 0. The van der Waals surface area contributed by atoms with Crippen molar-refractivity contribution in [3.63, 3.8) is 0 Å². The number of pyridine rings is 2. The number of hydrogen-bond donors (Lipinski definition) is 0. The van der Waals surface area contributed by atoms with Crippen molar-refractivity contribution in [1.82, 2.24) is 0 Å². The minimum absolute atomic E-state index is 1.25. The molecule has 0 bridgehead atoms. The Hall–Kier alpha value is -2.48. The minimum atomic E-state index is 1.25. The van der Waals surface area contributed by atoms with E-state index >= 15 is 0 Å². The summed E-state index contributed by atoms with van der Waals surface area (Å²) in [6.45, 7) is 15.4. The molecule has 0 radical (unpaired) electrons. The van der Waals surface area contributed by atoms with Crippen LogP contribution < -0.4 is 9.13 Å². The highest BCUT2D eigenvalue weighted by Gasteiger charge is 2.28. The molecule has 27 heavy (non-hydrogen) atoms. The Bertz CT molecular complexity index is 977. The number of nitrogens with zero attached hydrogens (tertiary/aromatic N) is 2. The van der Waals surface area contributed by atoms with E-state index in [1.807, 2.05) is 0 Å². The van der Waals surface area contributed by atoms with Gasteiger partial charge in [0.1, 0.15) is 14.1 Å². The second-order valence-electron chi connectivity index (χ2n) is 8.15. The molecule has 0 N–H and O–H groups in total. The van der Waals surface area contributed by atoms with Crippen molar-refractivity contribution in [2.75, 3.05) is 0 Å². The van der Waals surface area contributed by atoms with Gasteiger partial charge in [-0.3, -0.25) is 0 Å². The van der Waals surface area contributed by atoms with Gasteiger partial charge in [0.25, 0.3) is 11.4 Å². The van der Waals surface area contributed by atoms with E-state index in [2.05, 4.69) is 102 Å². The minimum Gasteiger partial charge on any atom is -0.196 e. The Morgan fingerprint density at radius 3 is 1.70 bits per heavy atom. The summed E-state index contributed by atoms with van der Waals surface area (Å²) < 4.78 is 4.63. The van der Waals surface area contributed by atoms with Gasteiger partial charge < -0.3 is 0 Å². The van der Waals surface area contributed by atoms with E-state index in [-0.39, 0.29) is 0 Å². The lowest BCUT2D eigenvalue weighted by atomic mass is 9.94. The van der Waals surface area contributed by atoms with Gasteiger partial charge in [-0.2, -0.15) is 9.13 Å². The van der Waals surface area contributed by atoms with Gasteiger partial charge in [-0.1, -0.05) is 6.07 Å². The van der Waals surface area contributed by atoms with E-state index < -0.39 is 0 Å². The fraction of sp³-hybridized carbons (Fsp3) is 0.360. The molecule has 0 atom stereocenters. The summed E-state index contributed by atoms with van der Waals surface area (Å²) in [6, 6.07) is 9.28. The SMILES string of the molecule is Cc1cc(C)c(-c2c(C)cc(C)c(-c3cc(C)c(C)c[n+]3C)[n+]2C)cc1C. The van der Waals surface area contributed by atoms with E-state index in [0.29, 0.717) is 0 Å². The second kappa shape index (κ2) is 6.92. The van der Waals surface area contributed by atoms with E-state index in [0.717, 1.165) is 0 Å². The maximum Gasteiger partial charge on any atom is 0.280 e. The molecule has 0 unspecified atom stereocenters. The molecule has 0 aliphatic carbocycles. The summed E-state index contributed by atoms with van der Waals surface area (Å²) in [5.74, 6) is 0. The van der Waals surface area contributed by atoms with Crippen LogP contribution in [0.4, 0.5) is 0 Å². The smallest absolute Gasteiger partial charge is 0.196 e. The normalized spacial score (nSPS) is 11.1. The molecule has 2 aromatic heterocycles. The molecule has 3 rings (SSSR count). The van der Waals surface area contributed by atoms with Crippen LogP contribution in [0.3, 0.4) is 0 Å². The van der Waals surface area contributed by atoms with Crippen LogP contribution in [0.25, 0.3) is 22.6 Å². The molecule has 2 heteroatoms. The van der Waals surface area contributed by atoms with Gasteiger partial charge in [0.05, 0.1) is 0 Å². The van der Waals surface area contributed by atoms with Crippen molar-refractivity contribution in [3.8, 4) is 22.6 Å². The fourth-order valence-electron chi connectivity index (χ4n) is 4.20. The molecule has 0 aliphatic rings. The zero-order valence-electron chi connectivity index (χ0n) is 18.3. The topological polar surface area (TPSA) is 7.76 Å². The Balaban J connectivity index is 2.37. The van der Waals surface area contributed by atoms with Gasteiger partial charge in [-0.25, -0.2) is 0 Å². The molecular weight excluding hydrogens is 328 g/mol. The summed E-state index contributed by atoms with van der Waals surface area (Å²) in [6.07, 6.45) is 2.23. The first-order valence-electron chi connectivity index (χ1n) is 9.67. The van der Waals surface area contributed by atoms with Crippen LogP contribution >= 0.6 is 0 Å². The Kier molecular flexibility index (Phi) is 4.94. The van der Waals surface area contributed by atoms with Crippen LogP contribution in [-0.2, 0) is 14.1 Å². The molecule has 140 valence electrons. The fourth-order valence-corrected chi connectivity index (χ4v) is 4.20. The maximum absolute atomic E-state index is 2.38. The molecule has 0 aliphatic heterocycles. The summed E-state index contributed by atoms with van der Waals surface area (Å²) >= 11 is 0. The lowest BCUT2D eigenvalue weighted by Gasteiger charge is -2.14. The molecule has 0 saturated heterocycles. The van der Waals surface area contributed by atoms with E-state index in [4.69, 9.17) is 0 Å². The highest BCUT2D eigenvalue weighted by atomic mass is 15.0. The summed E-state index contributed by atoms with van der Waals surface area (Å²) in [5.41, 5.74) is 14.4. The van der Waals surface area contributed by atoms with Crippen LogP contribution in [0, 0.1) is 48.5 Å². The summed E-state index contributed by atoms with van der Waals surface area (Å²) in [4.78, 5) is 0. The van der Waals surface area contributed by atoms with Crippen LogP contribution in [0.15, 0.2) is 30.5 Å². The molecule has 0 fully saturated rings. The molecule has 2 heterocycles. The van der Waals surface area contributed by atoms with Crippen molar-refractivity contribution in [3.05, 3.63) is 69.4 Å². The maximum atomic E-state index is 2.38. The zero-order valence-corrected chi connectivity index (χ0v) is 18.3. The van der Waals surface area contributed by atoms with Crippen molar-refractivity contribution in [1.29, 1.82) is 0 Å². The monoisotopic (exact) mass is 360 g/mol. The van der Waals surface area contributed by atoms with Crippen molar-refractivity contribution < 1.29 is 9.13 Å². The number of aryl methyl sites for hydroxylation is 8. The highest BCUT2D eigenvalue weighted by molar-refractivity contribution is 5.68. The second-order valence-corrected chi connectivity index (χ2v) is 8.15. The van der Waals surface area contributed by atoms with Crippen molar-refractivity contribution >= 4 is 0 Å². The van der Waals surface area contributed by atoms with Gasteiger partial charge in [0.15, 0.2) is 6.20 Å². The average molecular weight is 361 g/mol. The molecule has 0 amide bonds. The quantitative estimate of drug-likeness (QED) is 0.578. The first kappa shape index (κ1) is 19.3. The van der Waals surface area contributed by atoms with Crippen LogP contribution in [0.2, 0.25) is 0 Å². The van der Waals surface area contributed by atoms with Crippen molar-refractivity contribution in [2.24, 2.45) is 14.1 Å². The largest absolute Gasteiger partial charge is 0.280 e. The molecular formula is C25H32N2+2. The third-order valence-electron chi connectivity index (χ3n) is 5.93. The summed E-state index contributed by atoms with van der Waals surface area (Å²) in [7, 11) is 4.34. The number of aromatic nitrogens is 2. The van der Waals surface area contributed by atoms with Gasteiger partial charge in [0.2, 0.25) is 5.69 Å². The Labute approximate surface area is 164 Å². The zero-order chi connectivity index (χ0) is 20.0. The number of rotatable bonds is 2. The van der Waals surface area contributed by atoms with Crippen LogP contribution in [0.1, 0.15) is 38.9 Å². The standard InChI is InChI=1S/C25H32N2/c1-15-10-18(4)22(12-16(15)2)24-19(5)11-20(6)25(27(24)9)23-13-17(3)21(7)14-26(23)8/h10-14H,1-9H3/q+2. The predicted molar refractivity (Wildman–Crippen MR) is 113 cm³/mol. The first-order chi connectivity index (χ1) is 12.6. The number of benzene rings is 1. The molecule has 2 nitrogen and oxygen atoms in total. The molecule has 0 saturated carbocycles. The van der Waals surface area contributed by atoms with Gasteiger partial charge in [-0.05, 0) is 82.9 Å². The van der Waals surface area contributed by atoms with Crippen LogP contribution in [-0.4, -0.2) is 0 Å². The van der Waals surface area contributed by atoms with Gasteiger partial charge in [-0.15, -0.1) is 0 Å². The van der Waals surface area contributed by atoms with Gasteiger partial charge in [0, 0.05) is 28.3 Å². The van der Waals surface area contributed by atoms with E-state index in [1.54, 1.807) is 0 Å². The molecule has 3 aromatic rings. The van der Waals surface area contributed by atoms with Crippen molar-refractivity contribution in [2.45, 2.75) is 48.5 Å². The summed E-state index contributed by atoms with van der Waals surface area (Å²) in [5, 5.41) is 0. The van der Waals surface area contributed by atoms with Crippen LogP contribution in [0.5, 0.6) is 0 Å². The Morgan fingerprint density at radius 2 is 1.04 bits per heavy atom. The third kappa shape index (κ3) is 3.29. The highest BCUT2D eigenvalue weighted by Crippen LogP contribution is 2.30. The molecule has 0 spiro atoms. The predicted octanol–water partition coefficient (Wildman–Crippen LogP) is 4.83. The van der Waals surface area contributed by atoms with E-state index in [1.165, 1.54) is 61.6 Å². The molecule has 1 aromatic carbocycles. The first-order valence-corrected chi connectivity index (χ1v) is 9.67. The van der Waals surface area contributed by atoms with E-state index in [9.17, 15) is 0 Å². The Morgan fingerprint density at radius 1 is 0.519 bits per heavy atom. The lowest BCUT2D eigenvalue weighted by Crippen LogP contribution is -2.41.